The van der Waals surface area contributed by atoms with Gasteiger partial charge < -0.3 is 14.0 Å². The minimum atomic E-state index is -4.43. The van der Waals surface area contributed by atoms with Gasteiger partial charge in [-0.3, -0.25) is 9.10 Å². The highest BCUT2D eigenvalue weighted by Gasteiger charge is 2.35. The predicted octanol–water partition coefficient (Wildman–Crippen LogP) is 6.27. The standard InChI is InChI=1S/C31H30F3N3O6S/c1-21-28(35-30(42-21)25-11-13-26(14-12-25)31(32,33)34)17-19-41-27-15-9-23(10-16-27)20-37(43-22(2)38)44(39,40)36-18-5-7-24-6-3-4-8-29(24)36/h3-4,6,8-16H,5,7,17-20H2,1-2H3. The summed E-state index contributed by atoms with van der Waals surface area (Å²) in [5.74, 6) is 0.506. The van der Waals surface area contributed by atoms with Gasteiger partial charge >= 0.3 is 22.4 Å². The maximum atomic E-state index is 13.6. The van der Waals surface area contributed by atoms with E-state index >= 15 is 0 Å². The molecule has 1 aliphatic rings. The van der Waals surface area contributed by atoms with Crippen molar-refractivity contribution in [1.82, 2.24) is 9.45 Å². The smallest absolute Gasteiger partial charge is 0.416 e. The van der Waals surface area contributed by atoms with Crippen molar-refractivity contribution in [3.05, 3.63) is 101 Å². The van der Waals surface area contributed by atoms with Crippen molar-refractivity contribution in [2.24, 2.45) is 0 Å². The zero-order chi connectivity index (χ0) is 31.5. The molecule has 0 saturated heterocycles. The Morgan fingerprint density at radius 1 is 1.05 bits per heavy atom. The van der Waals surface area contributed by atoms with Crippen LogP contribution in [0.25, 0.3) is 11.5 Å². The first-order chi connectivity index (χ1) is 20.9. The highest BCUT2D eigenvalue weighted by molar-refractivity contribution is 7.90. The molecule has 3 aromatic carbocycles. The van der Waals surface area contributed by atoms with Crippen LogP contribution in [0.4, 0.5) is 18.9 Å². The highest BCUT2D eigenvalue weighted by Crippen LogP contribution is 2.32. The molecular weight excluding hydrogens is 599 g/mol. The summed E-state index contributed by atoms with van der Waals surface area (Å²) in [6.45, 7) is 3.16. The van der Waals surface area contributed by atoms with E-state index in [1.807, 2.05) is 12.1 Å². The number of hydrogen-bond donors (Lipinski definition) is 0. The van der Waals surface area contributed by atoms with Gasteiger partial charge in [0.1, 0.15) is 11.5 Å². The largest absolute Gasteiger partial charge is 0.493 e. The summed E-state index contributed by atoms with van der Waals surface area (Å²) in [6, 6.07) is 18.5. The van der Waals surface area contributed by atoms with Gasteiger partial charge in [-0.2, -0.15) is 21.6 Å². The molecule has 0 radical (unpaired) electrons. The van der Waals surface area contributed by atoms with Crippen LogP contribution >= 0.6 is 0 Å². The summed E-state index contributed by atoms with van der Waals surface area (Å²) in [4.78, 5) is 21.4. The topological polar surface area (TPSA) is 102 Å². The maximum Gasteiger partial charge on any atom is 0.416 e. The van der Waals surface area contributed by atoms with E-state index in [2.05, 4.69) is 4.98 Å². The Kier molecular flexibility index (Phi) is 8.97. The second kappa shape index (κ2) is 12.7. The number of hydrogen-bond acceptors (Lipinski definition) is 7. The van der Waals surface area contributed by atoms with Crippen LogP contribution in [0.5, 0.6) is 5.75 Å². The molecule has 0 aliphatic carbocycles. The monoisotopic (exact) mass is 629 g/mol. The van der Waals surface area contributed by atoms with Gasteiger partial charge in [-0.15, -0.1) is 0 Å². The van der Waals surface area contributed by atoms with Gasteiger partial charge in [-0.1, -0.05) is 30.3 Å². The van der Waals surface area contributed by atoms with E-state index in [-0.39, 0.29) is 25.6 Å². The molecule has 0 spiro atoms. The lowest BCUT2D eigenvalue weighted by molar-refractivity contribution is -0.168. The number of carbonyl (C=O) groups excluding carboxylic acids is 1. The summed E-state index contributed by atoms with van der Waals surface area (Å²) >= 11 is 0. The molecular formula is C31H30F3N3O6S. The fraction of sp³-hybridized carbons (Fsp3) is 0.290. The second-order valence-corrected chi connectivity index (χ2v) is 11.9. The normalized spacial score (nSPS) is 13.5. The van der Waals surface area contributed by atoms with E-state index in [4.69, 9.17) is 14.0 Å². The number of hydroxylamine groups is 1. The first-order valence-electron chi connectivity index (χ1n) is 13.8. The predicted molar refractivity (Wildman–Crippen MR) is 156 cm³/mol. The minimum absolute atomic E-state index is 0.203. The average Bonchev–Trinajstić information content (AvgIpc) is 3.36. The molecule has 0 unspecified atom stereocenters. The number of fused-ring (bicyclic) bond motifs is 1. The molecule has 4 aromatic rings. The van der Waals surface area contributed by atoms with Crippen molar-refractivity contribution >= 4 is 21.9 Å². The maximum absolute atomic E-state index is 13.6. The Bertz CT molecular complexity index is 1720. The average molecular weight is 630 g/mol. The van der Waals surface area contributed by atoms with Crippen molar-refractivity contribution in [2.75, 3.05) is 17.5 Å². The van der Waals surface area contributed by atoms with Gasteiger partial charge in [0.2, 0.25) is 5.89 Å². The van der Waals surface area contributed by atoms with Crippen LogP contribution in [-0.4, -0.2) is 37.0 Å². The third-order valence-electron chi connectivity index (χ3n) is 7.03. The Labute approximate surface area is 253 Å². The van der Waals surface area contributed by atoms with E-state index in [1.54, 1.807) is 43.3 Å². The van der Waals surface area contributed by atoms with Gasteiger partial charge in [0, 0.05) is 25.5 Å². The lowest BCUT2D eigenvalue weighted by atomic mass is 10.0. The zero-order valence-electron chi connectivity index (χ0n) is 24.0. The van der Waals surface area contributed by atoms with Gasteiger partial charge in [0.05, 0.1) is 30.1 Å². The number of para-hydroxylation sites is 1. The number of anilines is 1. The number of oxazole rings is 1. The second-order valence-electron chi connectivity index (χ2n) is 10.2. The molecule has 9 nitrogen and oxygen atoms in total. The SMILES string of the molecule is CC(=O)ON(Cc1ccc(OCCc2nc(-c3ccc(C(F)(F)F)cc3)oc2C)cc1)S(=O)(=O)N1CCCc2ccccc21. The van der Waals surface area contributed by atoms with Crippen LogP contribution < -0.4 is 9.04 Å². The molecule has 0 saturated carbocycles. The first-order valence-corrected chi connectivity index (χ1v) is 15.2. The summed E-state index contributed by atoms with van der Waals surface area (Å²) < 4.78 is 79.2. The summed E-state index contributed by atoms with van der Waals surface area (Å²) in [5.41, 5.74) is 2.33. The molecule has 1 aliphatic heterocycles. The van der Waals surface area contributed by atoms with Crippen LogP contribution in [0.2, 0.25) is 0 Å². The van der Waals surface area contributed by atoms with Crippen molar-refractivity contribution in [3.8, 4) is 17.2 Å². The number of aromatic nitrogens is 1. The van der Waals surface area contributed by atoms with Crippen LogP contribution in [0.1, 0.15) is 41.5 Å². The first kappa shape index (κ1) is 31.1. The quantitative estimate of drug-likeness (QED) is 0.191. The number of alkyl halides is 3. The van der Waals surface area contributed by atoms with E-state index in [0.717, 1.165) is 31.0 Å². The Morgan fingerprint density at radius 3 is 2.43 bits per heavy atom. The number of ether oxygens (including phenoxy) is 1. The number of benzene rings is 3. The number of nitrogens with zero attached hydrogens (tertiary/aromatic N) is 3. The zero-order valence-corrected chi connectivity index (χ0v) is 24.8. The summed E-state index contributed by atoms with van der Waals surface area (Å²) in [7, 11) is -4.19. The Balaban J connectivity index is 1.21. The van der Waals surface area contributed by atoms with Crippen LogP contribution in [-0.2, 0) is 45.4 Å². The Hall–Kier alpha value is -4.36. The summed E-state index contributed by atoms with van der Waals surface area (Å²) in [5, 5.41) is 0. The van der Waals surface area contributed by atoms with E-state index in [0.29, 0.717) is 51.3 Å². The molecule has 5 rings (SSSR count). The molecule has 0 amide bonds. The summed E-state index contributed by atoms with van der Waals surface area (Å²) in [6.07, 6.45) is -2.65. The van der Waals surface area contributed by atoms with Crippen LogP contribution in [0.15, 0.2) is 77.2 Å². The van der Waals surface area contributed by atoms with Crippen LogP contribution in [0.3, 0.4) is 0 Å². The van der Waals surface area contributed by atoms with Crippen molar-refractivity contribution in [1.29, 1.82) is 0 Å². The lowest BCUT2D eigenvalue weighted by Crippen LogP contribution is -2.46. The van der Waals surface area contributed by atoms with Gasteiger partial charge in [-0.25, -0.2) is 4.98 Å². The molecule has 0 N–H and O–H groups in total. The van der Waals surface area contributed by atoms with Crippen molar-refractivity contribution < 1.29 is 40.4 Å². The molecule has 2 heterocycles. The van der Waals surface area contributed by atoms with E-state index in [1.165, 1.54) is 16.4 Å². The van der Waals surface area contributed by atoms with Crippen molar-refractivity contribution in [3.63, 3.8) is 0 Å². The minimum Gasteiger partial charge on any atom is -0.493 e. The molecule has 232 valence electrons. The third-order valence-corrected chi connectivity index (χ3v) is 8.68. The fourth-order valence-electron chi connectivity index (χ4n) is 4.84. The van der Waals surface area contributed by atoms with Gasteiger partial charge in [0.25, 0.3) is 0 Å². The highest BCUT2D eigenvalue weighted by atomic mass is 32.2. The number of aryl methyl sites for hydroxylation is 2. The van der Waals surface area contributed by atoms with Gasteiger partial charge in [0.15, 0.2) is 0 Å². The number of carbonyl (C=O) groups is 1. The molecule has 0 fully saturated rings. The molecule has 1 aromatic heterocycles. The molecule has 44 heavy (non-hydrogen) atoms. The van der Waals surface area contributed by atoms with E-state index in [9.17, 15) is 26.4 Å². The van der Waals surface area contributed by atoms with E-state index < -0.39 is 27.9 Å². The van der Waals surface area contributed by atoms with Crippen LogP contribution in [0, 0.1) is 6.92 Å². The number of halogens is 3. The number of rotatable bonds is 10. The Morgan fingerprint density at radius 2 is 1.75 bits per heavy atom. The third kappa shape index (κ3) is 7.05. The molecule has 13 heteroatoms. The van der Waals surface area contributed by atoms with Crippen molar-refractivity contribution in [2.45, 2.75) is 45.8 Å². The lowest BCUT2D eigenvalue weighted by Gasteiger charge is -2.33. The van der Waals surface area contributed by atoms with Gasteiger partial charge in [-0.05, 0) is 77.8 Å². The fourth-order valence-corrected chi connectivity index (χ4v) is 6.36. The molecule has 0 bridgehead atoms. The molecule has 0 atom stereocenters.